The highest BCUT2D eigenvalue weighted by Gasteiger charge is 2.25. The summed E-state index contributed by atoms with van der Waals surface area (Å²) in [7, 11) is 0. The minimum absolute atomic E-state index is 0.196. The summed E-state index contributed by atoms with van der Waals surface area (Å²) in [5, 5.41) is 5.21. The third kappa shape index (κ3) is 3.46. The van der Waals surface area contributed by atoms with Crippen molar-refractivity contribution >= 4 is 34.0 Å². The standard InChI is InChI=1S/C17H17N3O3S/c1-2-8-18-17-19-13(11-24-17)16(22)23-10-15(21)20-9-7-12-5-3-4-6-14(12)20/h2-6,11H,1,7-10H2,(H,18,19). The Balaban J connectivity index is 1.56. The Kier molecular flexibility index (Phi) is 4.90. The molecule has 0 fully saturated rings. The summed E-state index contributed by atoms with van der Waals surface area (Å²) in [4.78, 5) is 30.1. The van der Waals surface area contributed by atoms with Crippen LogP contribution in [0.5, 0.6) is 0 Å². The first-order valence-corrected chi connectivity index (χ1v) is 8.42. The van der Waals surface area contributed by atoms with E-state index < -0.39 is 5.97 Å². The molecule has 1 N–H and O–H groups in total. The van der Waals surface area contributed by atoms with E-state index in [1.54, 1.807) is 16.4 Å². The van der Waals surface area contributed by atoms with Crippen LogP contribution < -0.4 is 10.2 Å². The third-order valence-electron chi connectivity index (χ3n) is 3.63. The fourth-order valence-corrected chi connectivity index (χ4v) is 3.17. The Bertz CT molecular complexity index is 772. The number of para-hydroxylation sites is 1. The van der Waals surface area contributed by atoms with Crippen molar-refractivity contribution in [3.05, 3.63) is 53.6 Å². The molecule has 124 valence electrons. The van der Waals surface area contributed by atoms with E-state index in [1.165, 1.54) is 11.3 Å². The molecule has 1 aliphatic heterocycles. The van der Waals surface area contributed by atoms with Crippen molar-refractivity contribution in [2.24, 2.45) is 0 Å². The van der Waals surface area contributed by atoms with E-state index in [4.69, 9.17) is 4.74 Å². The lowest BCUT2D eigenvalue weighted by atomic mass is 10.2. The van der Waals surface area contributed by atoms with Crippen LogP contribution in [0.15, 0.2) is 42.3 Å². The molecule has 0 aliphatic carbocycles. The fourth-order valence-electron chi connectivity index (χ4n) is 2.48. The average Bonchev–Trinajstić information content (AvgIpc) is 3.24. The van der Waals surface area contributed by atoms with Gasteiger partial charge in [-0.15, -0.1) is 17.9 Å². The normalized spacial score (nSPS) is 12.6. The number of benzene rings is 1. The average molecular weight is 343 g/mol. The second kappa shape index (κ2) is 7.27. The molecule has 2 heterocycles. The molecule has 0 saturated carbocycles. The van der Waals surface area contributed by atoms with Gasteiger partial charge in [0.05, 0.1) is 0 Å². The van der Waals surface area contributed by atoms with Crippen LogP contribution in [0.4, 0.5) is 10.8 Å². The lowest BCUT2D eigenvalue weighted by Gasteiger charge is -2.16. The van der Waals surface area contributed by atoms with E-state index in [-0.39, 0.29) is 18.2 Å². The number of amides is 1. The third-order valence-corrected chi connectivity index (χ3v) is 4.43. The van der Waals surface area contributed by atoms with Crippen molar-refractivity contribution < 1.29 is 14.3 Å². The number of hydrogen-bond acceptors (Lipinski definition) is 6. The van der Waals surface area contributed by atoms with Gasteiger partial charge in [-0.05, 0) is 18.1 Å². The van der Waals surface area contributed by atoms with E-state index in [1.807, 2.05) is 24.3 Å². The zero-order chi connectivity index (χ0) is 16.9. The highest BCUT2D eigenvalue weighted by Crippen LogP contribution is 2.27. The summed E-state index contributed by atoms with van der Waals surface area (Å²) in [5.74, 6) is -0.827. The van der Waals surface area contributed by atoms with E-state index in [2.05, 4.69) is 16.9 Å². The molecule has 1 aromatic heterocycles. The molecule has 0 saturated heterocycles. The molecule has 0 unspecified atom stereocenters. The summed E-state index contributed by atoms with van der Waals surface area (Å²) in [6.45, 7) is 4.49. The smallest absolute Gasteiger partial charge is 0.358 e. The van der Waals surface area contributed by atoms with Crippen LogP contribution in [-0.4, -0.2) is 36.6 Å². The second-order valence-corrected chi connectivity index (χ2v) is 6.07. The van der Waals surface area contributed by atoms with Crippen LogP contribution in [0.25, 0.3) is 0 Å². The number of rotatable bonds is 6. The molecule has 0 atom stereocenters. The molecule has 24 heavy (non-hydrogen) atoms. The number of carbonyl (C=O) groups is 2. The first-order chi connectivity index (χ1) is 11.7. The molecule has 1 aliphatic rings. The van der Waals surface area contributed by atoms with Gasteiger partial charge in [-0.3, -0.25) is 4.79 Å². The van der Waals surface area contributed by atoms with Gasteiger partial charge in [0.1, 0.15) is 0 Å². The summed E-state index contributed by atoms with van der Waals surface area (Å²) in [6.07, 6.45) is 2.52. The lowest BCUT2D eigenvalue weighted by Crippen LogP contribution is -2.33. The van der Waals surface area contributed by atoms with Gasteiger partial charge in [0.15, 0.2) is 17.4 Å². The number of anilines is 2. The van der Waals surface area contributed by atoms with Gasteiger partial charge >= 0.3 is 5.97 Å². The summed E-state index contributed by atoms with van der Waals surface area (Å²) in [5.41, 5.74) is 2.22. The van der Waals surface area contributed by atoms with Crippen LogP contribution in [-0.2, 0) is 16.0 Å². The second-order valence-electron chi connectivity index (χ2n) is 5.21. The van der Waals surface area contributed by atoms with Crippen LogP contribution >= 0.6 is 11.3 Å². The summed E-state index contributed by atoms with van der Waals surface area (Å²) in [6, 6.07) is 7.75. The van der Waals surface area contributed by atoms with E-state index in [0.717, 1.165) is 17.7 Å². The van der Waals surface area contributed by atoms with Gasteiger partial charge in [-0.1, -0.05) is 24.3 Å². The van der Waals surface area contributed by atoms with Crippen molar-refractivity contribution in [3.8, 4) is 0 Å². The molecule has 1 amide bonds. The number of hydrogen-bond donors (Lipinski definition) is 1. The van der Waals surface area contributed by atoms with Crippen molar-refractivity contribution in [1.29, 1.82) is 0 Å². The molecule has 3 rings (SSSR count). The predicted molar refractivity (Wildman–Crippen MR) is 93.6 cm³/mol. The number of aromatic nitrogens is 1. The molecule has 2 aromatic rings. The van der Waals surface area contributed by atoms with Crippen molar-refractivity contribution in [1.82, 2.24) is 4.98 Å². The molecular weight excluding hydrogens is 326 g/mol. The van der Waals surface area contributed by atoms with Crippen LogP contribution in [0.2, 0.25) is 0 Å². The van der Waals surface area contributed by atoms with Crippen LogP contribution in [0.1, 0.15) is 16.1 Å². The SMILES string of the molecule is C=CCNc1nc(C(=O)OCC(=O)N2CCc3ccccc32)cs1. The fraction of sp³-hybridized carbons (Fsp3) is 0.235. The van der Waals surface area contributed by atoms with Crippen molar-refractivity contribution in [2.75, 3.05) is 29.9 Å². The molecule has 0 radical (unpaired) electrons. The maximum atomic E-state index is 12.3. The minimum Gasteiger partial charge on any atom is -0.451 e. The summed E-state index contributed by atoms with van der Waals surface area (Å²) >= 11 is 1.30. The van der Waals surface area contributed by atoms with E-state index in [9.17, 15) is 9.59 Å². The Morgan fingerprint density at radius 2 is 2.25 bits per heavy atom. The first kappa shape index (κ1) is 16.2. The van der Waals surface area contributed by atoms with Crippen LogP contribution in [0, 0.1) is 0 Å². The van der Waals surface area contributed by atoms with Gasteiger partial charge in [-0.2, -0.15) is 0 Å². The van der Waals surface area contributed by atoms with Gasteiger partial charge in [0.25, 0.3) is 5.91 Å². The molecule has 6 nitrogen and oxygen atoms in total. The molecular formula is C17H17N3O3S. The van der Waals surface area contributed by atoms with E-state index >= 15 is 0 Å². The summed E-state index contributed by atoms with van der Waals surface area (Å²) < 4.78 is 5.10. The predicted octanol–water partition coefficient (Wildman–Crippen LogP) is 2.49. The number of nitrogens with zero attached hydrogens (tertiary/aromatic N) is 2. The van der Waals surface area contributed by atoms with Crippen LogP contribution in [0.3, 0.4) is 0 Å². The molecule has 1 aromatic carbocycles. The van der Waals surface area contributed by atoms with Gasteiger partial charge in [-0.25, -0.2) is 9.78 Å². The number of ether oxygens (including phenoxy) is 1. The first-order valence-electron chi connectivity index (χ1n) is 7.54. The highest BCUT2D eigenvalue weighted by atomic mass is 32.1. The van der Waals surface area contributed by atoms with Crippen molar-refractivity contribution in [2.45, 2.75) is 6.42 Å². The Hall–Kier alpha value is -2.67. The van der Waals surface area contributed by atoms with Crippen molar-refractivity contribution in [3.63, 3.8) is 0 Å². The Morgan fingerprint density at radius 1 is 1.42 bits per heavy atom. The Morgan fingerprint density at radius 3 is 3.08 bits per heavy atom. The zero-order valence-electron chi connectivity index (χ0n) is 13.0. The lowest BCUT2D eigenvalue weighted by molar-refractivity contribution is -0.121. The number of thiazole rings is 1. The monoisotopic (exact) mass is 343 g/mol. The van der Waals surface area contributed by atoms with Gasteiger partial charge in [0.2, 0.25) is 0 Å². The number of carbonyl (C=O) groups excluding carboxylic acids is 2. The minimum atomic E-state index is -0.598. The molecule has 7 heteroatoms. The Labute approximate surface area is 143 Å². The maximum absolute atomic E-state index is 12.3. The van der Waals surface area contributed by atoms with Gasteiger partial charge in [0, 0.05) is 24.2 Å². The number of fused-ring (bicyclic) bond motifs is 1. The molecule has 0 bridgehead atoms. The zero-order valence-corrected chi connectivity index (χ0v) is 13.8. The number of nitrogens with one attached hydrogen (secondary N) is 1. The highest BCUT2D eigenvalue weighted by molar-refractivity contribution is 7.13. The topological polar surface area (TPSA) is 71.5 Å². The number of esters is 1. The largest absolute Gasteiger partial charge is 0.451 e. The van der Waals surface area contributed by atoms with E-state index in [0.29, 0.717) is 18.2 Å². The molecule has 0 spiro atoms. The maximum Gasteiger partial charge on any atom is 0.358 e. The quantitative estimate of drug-likeness (QED) is 0.644. The van der Waals surface area contributed by atoms with Gasteiger partial charge < -0.3 is 15.0 Å².